The van der Waals surface area contributed by atoms with Crippen LogP contribution in [0, 0.1) is 6.92 Å². The van der Waals surface area contributed by atoms with E-state index in [1.165, 1.54) is 35.7 Å². The molecule has 1 aliphatic rings. The van der Waals surface area contributed by atoms with Gasteiger partial charge >= 0.3 is 0 Å². The van der Waals surface area contributed by atoms with E-state index in [0.717, 1.165) is 6.54 Å². The third-order valence-electron chi connectivity index (χ3n) is 4.98. The summed E-state index contributed by atoms with van der Waals surface area (Å²) < 4.78 is 38.2. The van der Waals surface area contributed by atoms with Crippen molar-refractivity contribution in [2.75, 3.05) is 40.4 Å². The topological polar surface area (TPSA) is 59.1 Å². The Morgan fingerprint density at radius 2 is 1.67 bits per heavy atom. The first-order valence-corrected chi connectivity index (χ1v) is 10.4. The molecule has 1 fully saturated rings. The van der Waals surface area contributed by atoms with E-state index >= 15 is 0 Å². The molecule has 0 amide bonds. The zero-order valence-corrected chi connectivity index (χ0v) is 16.8. The molecule has 0 radical (unpaired) electrons. The summed E-state index contributed by atoms with van der Waals surface area (Å²) in [6.45, 7) is 5.23. The summed E-state index contributed by atoms with van der Waals surface area (Å²) in [7, 11) is -0.651. The Labute approximate surface area is 161 Å². The smallest absolute Gasteiger partial charge is 0.246 e. The first-order chi connectivity index (χ1) is 13.0. The molecule has 1 saturated heterocycles. The lowest BCUT2D eigenvalue weighted by molar-refractivity contribution is 0.181. The Kier molecular flexibility index (Phi) is 6.04. The van der Waals surface area contributed by atoms with Crippen molar-refractivity contribution in [2.45, 2.75) is 18.4 Å². The van der Waals surface area contributed by atoms with Crippen LogP contribution in [0.2, 0.25) is 0 Å². The van der Waals surface area contributed by atoms with Crippen molar-refractivity contribution in [3.63, 3.8) is 0 Å². The van der Waals surface area contributed by atoms with Crippen LogP contribution in [0.15, 0.2) is 47.4 Å². The summed E-state index contributed by atoms with van der Waals surface area (Å²) in [4.78, 5) is 2.44. The van der Waals surface area contributed by atoms with Crippen LogP contribution in [-0.2, 0) is 16.6 Å². The van der Waals surface area contributed by atoms with Crippen LogP contribution >= 0.6 is 0 Å². The molecule has 0 saturated carbocycles. The summed E-state index contributed by atoms with van der Waals surface area (Å²) in [6, 6.07) is 13.1. The number of aryl methyl sites for hydroxylation is 1. The van der Waals surface area contributed by atoms with E-state index in [2.05, 4.69) is 24.0 Å². The zero-order chi connectivity index (χ0) is 19.4. The van der Waals surface area contributed by atoms with Gasteiger partial charge in [-0.15, -0.1) is 0 Å². The van der Waals surface area contributed by atoms with Gasteiger partial charge in [-0.3, -0.25) is 4.90 Å². The number of piperazine rings is 1. The SMILES string of the molecule is COc1ccc(OC)c(S(=O)(=O)N2CCN(Cc3ccccc3C)CC2)c1. The largest absolute Gasteiger partial charge is 0.497 e. The molecule has 0 aromatic heterocycles. The molecule has 2 aromatic rings. The first kappa shape index (κ1) is 19.7. The highest BCUT2D eigenvalue weighted by molar-refractivity contribution is 7.89. The lowest BCUT2D eigenvalue weighted by Crippen LogP contribution is -2.48. The van der Waals surface area contributed by atoms with E-state index in [9.17, 15) is 8.42 Å². The fourth-order valence-corrected chi connectivity index (χ4v) is 4.87. The van der Waals surface area contributed by atoms with Gasteiger partial charge in [-0.05, 0) is 30.2 Å². The molecule has 27 heavy (non-hydrogen) atoms. The summed E-state index contributed by atoms with van der Waals surface area (Å²) in [5, 5.41) is 0. The van der Waals surface area contributed by atoms with Crippen LogP contribution < -0.4 is 9.47 Å². The van der Waals surface area contributed by atoms with Gasteiger partial charge in [-0.2, -0.15) is 4.31 Å². The van der Waals surface area contributed by atoms with Crippen LogP contribution in [0.4, 0.5) is 0 Å². The van der Waals surface area contributed by atoms with Gasteiger partial charge in [0.2, 0.25) is 10.0 Å². The number of benzene rings is 2. The predicted molar refractivity (Wildman–Crippen MR) is 105 cm³/mol. The Morgan fingerprint density at radius 3 is 2.30 bits per heavy atom. The second-order valence-corrected chi connectivity index (χ2v) is 8.53. The van der Waals surface area contributed by atoms with E-state index in [-0.39, 0.29) is 4.90 Å². The van der Waals surface area contributed by atoms with Gasteiger partial charge in [-0.1, -0.05) is 24.3 Å². The van der Waals surface area contributed by atoms with Crippen molar-refractivity contribution >= 4 is 10.0 Å². The van der Waals surface area contributed by atoms with Crippen LogP contribution in [0.25, 0.3) is 0 Å². The van der Waals surface area contributed by atoms with Gasteiger partial charge in [0.05, 0.1) is 14.2 Å². The molecule has 0 N–H and O–H groups in total. The molecule has 0 unspecified atom stereocenters. The van der Waals surface area contributed by atoms with Crippen LogP contribution in [0.5, 0.6) is 11.5 Å². The molecule has 1 aliphatic heterocycles. The van der Waals surface area contributed by atoms with Gasteiger partial charge in [-0.25, -0.2) is 8.42 Å². The van der Waals surface area contributed by atoms with Crippen LogP contribution in [0.1, 0.15) is 11.1 Å². The van der Waals surface area contributed by atoms with Crippen LogP contribution in [0.3, 0.4) is 0 Å². The van der Waals surface area contributed by atoms with Crippen molar-refractivity contribution < 1.29 is 17.9 Å². The number of methoxy groups -OCH3 is 2. The number of nitrogens with zero attached hydrogens (tertiary/aromatic N) is 2. The van der Waals surface area contributed by atoms with E-state index in [1.54, 1.807) is 12.1 Å². The summed E-state index contributed by atoms with van der Waals surface area (Å²) >= 11 is 0. The maximum atomic E-state index is 13.1. The molecule has 6 nitrogen and oxygen atoms in total. The predicted octanol–water partition coefficient (Wildman–Crippen LogP) is 2.52. The molecule has 0 atom stereocenters. The van der Waals surface area contributed by atoms with Gasteiger partial charge in [0, 0.05) is 38.8 Å². The second-order valence-electron chi connectivity index (χ2n) is 6.62. The highest BCUT2D eigenvalue weighted by Gasteiger charge is 2.31. The Balaban J connectivity index is 1.73. The molecule has 146 valence electrons. The molecule has 3 rings (SSSR count). The lowest BCUT2D eigenvalue weighted by atomic mass is 10.1. The molecule has 0 spiro atoms. The highest BCUT2D eigenvalue weighted by Crippen LogP contribution is 2.31. The van der Waals surface area contributed by atoms with Crippen molar-refractivity contribution in [3.05, 3.63) is 53.6 Å². The highest BCUT2D eigenvalue weighted by atomic mass is 32.2. The van der Waals surface area contributed by atoms with Crippen molar-refractivity contribution in [3.8, 4) is 11.5 Å². The maximum Gasteiger partial charge on any atom is 0.246 e. The lowest BCUT2D eigenvalue weighted by Gasteiger charge is -2.34. The fourth-order valence-electron chi connectivity index (χ4n) is 3.28. The van der Waals surface area contributed by atoms with Gasteiger partial charge in [0.15, 0.2) is 0 Å². The summed E-state index contributed by atoms with van der Waals surface area (Å²) in [5.74, 6) is 0.825. The zero-order valence-electron chi connectivity index (χ0n) is 16.0. The van der Waals surface area contributed by atoms with E-state index < -0.39 is 10.0 Å². The third kappa shape index (κ3) is 4.26. The Hall–Kier alpha value is -2.09. The molecular weight excluding hydrogens is 364 g/mol. The van der Waals surface area contributed by atoms with E-state index in [1.807, 2.05) is 12.1 Å². The first-order valence-electron chi connectivity index (χ1n) is 8.94. The third-order valence-corrected chi connectivity index (χ3v) is 6.89. The number of hydrogen-bond acceptors (Lipinski definition) is 5. The summed E-state index contributed by atoms with van der Waals surface area (Å²) in [5.41, 5.74) is 2.54. The maximum absolute atomic E-state index is 13.1. The van der Waals surface area contributed by atoms with Crippen LogP contribution in [-0.4, -0.2) is 58.0 Å². The fraction of sp³-hybridized carbons (Fsp3) is 0.400. The molecule has 0 bridgehead atoms. The monoisotopic (exact) mass is 390 g/mol. The number of sulfonamides is 1. The summed E-state index contributed by atoms with van der Waals surface area (Å²) in [6.07, 6.45) is 0. The standard InChI is InChI=1S/C20H26N2O4S/c1-16-6-4-5-7-17(16)15-21-10-12-22(13-11-21)27(23,24)20-14-18(25-2)8-9-19(20)26-3/h4-9,14H,10-13,15H2,1-3H3. The van der Waals surface area contributed by atoms with Crippen molar-refractivity contribution in [2.24, 2.45) is 0 Å². The molecule has 0 aliphatic carbocycles. The van der Waals surface area contributed by atoms with Crippen molar-refractivity contribution in [1.82, 2.24) is 9.21 Å². The van der Waals surface area contributed by atoms with Gasteiger partial charge in [0.1, 0.15) is 16.4 Å². The van der Waals surface area contributed by atoms with Gasteiger partial charge < -0.3 is 9.47 Å². The molecular formula is C20H26N2O4S. The Bertz CT molecular complexity index is 891. The molecule has 1 heterocycles. The number of ether oxygens (including phenoxy) is 2. The van der Waals surface area contributed by atoms with Crippen molar-refractivity contribution in [1.29, 1.82) is 0 Å². The average Bonchev–Trinajstić information content (AvgIpc) is 2.69. The average molecular weight is 391 g/mol. The molecule has 7 heteroatoms. The minimum absolute atomic E-state index is 0.150. The van der Waals surface area contributed by atoms with Gasteiger partial charge in [0.25, 0.3) is 0 Å². The normalized spacial score (nSPS) is 16.3. The molecule has 2 aromatic carbocycles. The number of hydrogen-bond donors (Lipinski definition) is 0. The minimum Gasteiger partial charge on any atom is -0.497 e. The minimum atomic E-state index is -3.64. The Morgan fingerprint density at radius 1 is 0.963 bits per heavy atom. The number of rotatable bonds is 6. The van der Waals surface area contributed by atoms with E-state index in [4.69, 9.17) is 9.47 Å². The quantitative estimate of drug-likeness (QED) is 0.759. The second kappa shape index (κ2) is 8.29. The van der Waals surface area contributed by atoms with E-state index in [0.29, 0.717) is 37.7 Å².